The van der Waals surface area contributed by atoms with E-state index in [0.717, 1.165) is 62.5 Å². The van der Waals surface area contributed by atoms with Crippen molar-refractivity contribution in [3.63, 3.8) is 0 Å². The van der Waals surface area contributed by atoms with Crippen LogP contribution in [0.1, 0.15) is 139 Å². The number of benzene rings is 1. The molecule has 0 saturated heterocycles. The number of hydrogen-bond donors (Lipinski definition) is 2. The third kappa shape index (κ3) is 6.02. The Morgan fingerprint density at radius 3 is 2.25 bits per heavy atom. The van der Waals surface area contributed by atoms with Crippen molar-refractivity contribution in [1.29, 1.82) is 0 Å². The molecule has 10 atom stereocenters. The van der Waals surface area contributed by atoms with E-state index in [1.807, 2.05) is 19.9 Å². The van der Waals surface area contributed by atoms with Crippen LogP contribution in [0.3, 0.4) is 0 Å². The Balaban J connectivity index is 1.12. The summed E-state index contributed by atoms with van der Waals surface area (Å²) in [5, 5.41) is 13.4. The minimum Gasteiger partial charge on any atom is -0.496 e. The van der Waals surface area contributed by atoms with Crippen molar-refractivity contribution < 1.29 is 33.8 Å². The van der Waals surface area contributed by atoms with Crippen LogP contribution in [0.2, 0.25) is 5.02 Å². The molecule has 0 aliphatic heterocycles. The molecule has 0 bridgehead atoms. The topological polar surface area (TPSA) is 119 Å². The summed E-state index contributed by atoms with van der Waals surface area (Å²) in [5.74, 6) is 0.0803. The Morgan fingerprint density at radius 1 is 0.893 bits per heavy atom. The van der Waals surface area contributed by atoms with E-state index in [1.54, 1.807) is 19.2 Å². The summed E-state index contributed by atoms with van der Waals surface area (Å²) in [7, 11) is 1.60. The van der Waals surface area contributed by atoms with E-state index in [4.69, 9.17) is 21.1 Å². The van der Waals surface area contributed by atoms with Crippen LogP contribution in [-0.2, 0) is 30.5 Å². The van der Waals surface area contributed by atoms with Crippen LogP contribution in [0.25, 0.3) is 0 Å². The number of aliphatic carboxylic acids is 1. The molecule has 0 aromatic heterocycles. The Labute approximate surface area is 339 Å². The first-order valence-electron chi connectivity index (χ1n) is 21.4. The average Bonchev–Trinajstić information content (AvgIpc) is 3.40. The molecule has 8 nitrogen and oxygen atoms in total. The van der Waals surface area contributed by atoms with E-state index in [2.05, 4.69) is 53.8 Å². The highest BCUT2D eigenvalue weighted by atomic mass is 35.5. The molecule has 5 fully saturated rings. The molecule has 9 heteroatoms. The number of nitrogens with one attached hydrogen (secondary N) is 1. The molecule has 56 heavy (non-hydrogen) atoms. The maximum absolute atomic E-state index is 14.1. The van der Waals surface area contributed by atoms with E-state index >= 15 is 0 Å². The molecule has 5 saturated carbocycles. The monoisotopic (exact) mass is 791 g/mol. The number of ether oxygens (including phenoxy) is 2. The molecule has 0 spiro atoms. The van der Waals surface area contributed by atoms with Crippen LogP contribution < -0.4 is 10.1 Å². The van der Waals surface area contributed by atoms with Crippen LogP contribution >= 0.6 is 11.6 Å². The number of rotatable bonds is 9. The minimum atomic E-state index is -0.835. The van der Waals surface area contributed by atoms with Crippen molar-refractivity contribution in [2.75, 3.05) is 7.11 Å². The quantitative estimate of drug-likeness (QED) is 0.239. The summed E-state index contributed by atoms with van der Waals surface area (Å²) in [4.78, 5) is 53.4. The van der Waals surface area contributed by atoms with Crippen LogP contribution in [-0.4, -0.2) is 41.9 Å². The number of carboxylic acid groups (broad SMARTS) is 1. The van der Waals surface area contributed by atoms with Gasteiger partial charge in [-0.15, -0.1) is 0 Å². The van der Waals surface area contributed by atoms with Gasteiger partial charge in [-0.1, -0.05) is 85.6 Å². The summed E-state index contributed by atoms with van der Waals surface area (Å²) in [6.45, 7) is 20.6. The van der Waals surface area contributed by atoms with Crippen molar-refractivity contribution in [3.05, 3.63) is 39.9 Å². The highest BCUT2D eigenvalue weighted by Crippen LogP contribution is 2.77. The number of hydrogen-bond acceptors (Lipinski definition) is 6. The second kappa shape index (κ2) is 13.9. The van der Waals surface area contributed by atoms with Gasteiger partial charge in [0.05, 0.1) is 18.9 Å². The van der Waals surface area contributed by atoms with Crippen LogP contribution in [0.15, 0.2) is 29.3 Å². The molecule has 1 amide bonds. The van der Waals surface area contributed by atoms with Gasteiger partial charge in [0.15, 0.2) is 5.78 Å². The van der Waals surface area contributed by atoms with E-state index in [-0.39, 0.29) is 63.2 Å². The van der Waals surface area contributed by atoms with Gasteiger partial charge in [-0.25, -0.2) is 0 Å². The number of halogens is 1. The van der Waals surface area contributed by atoms with Gasteiger partial charge < -0.3 is 19.9 Å². The van der Waals surface area contributed by atoms with E-state index in [9.17, 15) is 24.3 Å². The van der Waals surface area contributed by atoms with Gasteiger partial charge in [0.2, 0.25) is 5.91 Å². The summed E-state index contributed by atoms with van der Waals surface area (Å²) >= 11 is 6.20. The molecule has 2 N–H and O–H groups in total. The third-order valence-electron chi connectivity index (χ3n) is 17.8. The molecule has 1 aromatic carbocycles. The van der Waals surface area contributed by atoms with Gasteiger partial charge in [0.25, 0.3) is 0 Å². The maximum Gasteiger partial charge on any atom is 0.309 e. The Hall–Kier alpha value is -2.87. The van der Waals surface area contributed by atoms with Crippen molar-refractivity contribution >= 4 is 35.2 Å². The smallest absolute Gasteiger partial charge is 0.309 e. The van der Waals surface area contributed by atoms with E-state index in [0.29, 0.717) is 48.4 Å². The lowest BCUT2D eigenvalue weighted by Gasteiger charge is -2.72. The number of carboxylic acids is 1. The molecular weight excluding hydrogens is 726 g/mol. The number of amides is 1. The number of fused-ring (bicyclic) bond motifs is 7. The predicted molar refractivity (Wildman–Crippen MR) is 217 cm³/mol. The molecular formula is C47H66ClNO7. The lowest BCUT2D eigenvalue weighted by molar-refractivity contribution is -0.236. The first kappa shape index (κ1) is 41.3. The third-order valence-corrected chi connectivity index (χ3v) is 18.1. The number of esters is 1. The lowest BCUT2D eigenvalue weighted by atomic mass is 9.33. The fourth-order valence-corrected chi connectivity index (χ4v) is 14.7. The summed E-state index contributed by atoms with van der Waals surface area (Å²) in [5.41, 5.74) is 1.95. The van der Waals surface area contributed by atoms with Gasteiger partial charge in [-0.2, -0.15) is 0 Å². The normalized spacial score (nSPS) is 39.4. The zero-order chi connectivity index (χ0) is 41.0. The Bertz CT molecular complexity index is 1850. The van der Waals surface area contributed by atoms with Crippen molar-refractivity contribution in [2.24, 2.45) is 68.0 Å². The average molecular weight is 792 g/mol. The van der Waals surface area contributed by atoms with Crippen molar-refractivity contribution in [1.82, 2.24) is 5.32 Å². The van der Waals surface area contributed by atoms with Gasteiger partial charge in [-0.05, 0) is 121 Å². The molecule has 308 valence electrons. The summed E-state index contributed by atoms with van der Waals surface area (Å²) < 4.78 is 11.9. The second-order valence-corrected chi connectivity index (χ2v) is 21.6. The maximum atomic E-state index is 14.1. The van der Waals surface area contributed by atoms with Gasteiger partial charge in [0.1, 0.15) is 11.9 Å². The highest BCUT2D eigenvalue weighted by Gasteiger charge is 2.70. The summed E-state index contributed by atoms with van der Waals surface area (Å²) in [6, 6.07) is 5.45. The predicted octanol–water partition coefficient (Wildman–Crippen LogP) is 9.99. The van der Waals surface area contributed by atoms with Crippen molar-refractivity contribution in [2.45, 2.75) is 146 Å². The zero-order valence-corrected chi connectivity index (χ0v) is 36.3. The minimum absolute atomic E-state index is 0.0232. The standard InChI is InChI=1S/C47H66ClNO7/c1-26(2)38-32(50)23-47(24-37(51)49-25-27-11-12-28(48)21-33(27)55-10)20-19-45(8)29(39(38)47)13-14-35-44(7)17-16-36(43(5,6)34(44)15-18-46(35,45)9)56-41(54)31-22-30(40(52)53)42(31,3)4/h11-12,21,26,29-31,34-36H,13-20,22-25H2,1-10H3,(H,49,51)(H,52,53)/t29-,30+,31-,34+,35-,36+,44+,45-,46-,47+/m1/s1. The molecule has 1 aromatic rings. The van der Waals surface area contributed by atoms with Crippen LogP contribution in [0, 0.1) is 68.0 Å². The van der Waals surface area contributed by atoms with E-state index < -0.39 is 22.7 Å². The summed E-state index contributed by atoms with van der Waals surface area (Å²) in [6.07, 6.45) is 8.75. The fraction of sp³-hybridized carbons (Fsp3) is 0.745. The Morgan fingerprint density at radius 2 is 1.61 bits per heavy atom. The van der Waals surface area contributed by atoms with Gasteiger partial charge >= 0.3 is 11.9 Å². The van der Waals surface area contributed by atoms with Crippen LogP contribution in [0.4, 0.5) is 0 Å². The fourth-order valence-electron chi connectivity index (χ4n) is 14.5. The van der Waals surface area contributed by atoms with Crippen LogP contribution in [0.5, 0.6) is 5.75 Å². The number of Topliss-reactive ketones (excluding diaryl/α,β-unsaturated/α-hetero) is 1. The first-order valence-corrected chi connectivity index (χ1v) is 21.8. The number of methoxy groups -OCH3 is 1. The molecule has 0 radical (unpaired) electrons. The lowest BCUT2D eigenvalue weighted by Crippen LogP contribution is -2.66. The zero-order valence-electron chi connectivity index (χ0n) is 35.5. The molecule has 0 heterocycles. The number of carbonyl (C=O) groups excluding carboxylic acids is 3. The highest BCUT2D eigenvalue weighted by molar-refractivity contribution is 6.30. The van der Waals surface area contributed by atoms with Gasteiger partial charge in [0, 0.05) is 40.8 Å². The second-order valence-electron chi connectivity index (χ2n) is 21.2. The Kier molecular flexibility index (Phi) is 10.2. The number of allylic oxidation sites excluding steroid dienone is 2. The molecule has 6 aliphatic rings. The first-order chi connectivity index (χ1) is 26.1. The van der Waals surface area contributed by atoms with Gasteiger partial charge in [-0.3, -0.25) is 19.2 Å². The number of ketones is 1. The number of carbonyl (C=O) groups is 4. The van der Waals surface area contributed by atoms with Crippen molar-refractivity contribution in [3.8, 4) is 5.75 Å². The largest absolute Gasteiger partial charge is 0.496 e. The molecule has 7 rings (SSSR count). The SMILES string of the molecule is COc1cc(Cl)ccc1CNC(=O)C[C@@]12CC[C@]3(C)[C@H](CC[C@@H]4[C@@]5(C)CC[C@H](OC(=O)[C@H]6C[C@@H](C(=O)O)C6(C)C)C(C)(C)[C@@H]5CC[C@]43C)C1=C(C(C)C)C(=O)C2. The molecule has 6 aliphatic carbocycles. The molecule has 0 unspecified atom stereocenters. The van der Waals surface area contributed by atoms with E-state index in [1.165, 1.54) is 5.57 Å².